The van der Waals surface area contributed by atoms with Gasteiger partial charge in [0.1, 0.15) is 12.4 Å². The average Bonchev–Trinajstić information content (AvgIpc) is 3.18. The summed E-state index contributed by atoms with van der Waals surface area (Å²) in [4.78, 5) is 16.3. The lowest BCUT2D eigenvalue weighted by molar-refractivity contribution is 0.0953. The van der Waals surface area contributed by atoms with Crippen LogP contribution in [0.3, 0.4) is 0 Å². The molecule has 4 nitrogen and oxygen atoms in total. The van der Waals surface area contributed by atoms with Crippen molar-refractivity contribution in [3.05, 3.63) is 82.3 Å². The van der Waals surface area contributed by atoms with Crippen LogP contribution < -0.4 is 10.1 Å². The third-order valence-electron chi connectivity index (χ3n) is 3.76. The van der Waals surface area contributed by atoms with Crippen molar-refractivity contribution in [2.75, 3.05) is 6.54 Å². The van der Waals surface area contributed by atoms with Crippen LogP contribution in [0.5, 0.6) is 5.75 Å². The number of aryl methyl sites for hydroxylation is 1. The van der Waals surface area contributed by atoms with Gasteiger partial charge in [0.25, 0.3) is 5.91 Å². The van der Waals surface area contributed by atoms with Gasteiger partial charge in [-0.25, -0.2) is 4.98 Å². The van der Waals surface area contributed by atoms with E-state index in [0.29, 0.717) is 18.7 Å². The summed E-state index contributed by atoms with van der Waals surface area (Å²) in [5.41, 5.74) is 4.62. The fourth-order valence-corrected chi connectivity index (χ4v) is 2.95. The van der Waals surface area contributed by atoms with Crippen molar-refractivity contribution < 1.29 is 9.53 Å². The zero-order valence-corrected chi connectivity index (χ0v) is 14.7. The summed E-state index contributed by atoms with van der Waals surface area (Å²) in [5.74, 6) is 0.674. The van der Waals surface area contributed by atoms with Crippen LogP contribution in [0.15, 0.2) is 65.5 Å². The monoisotopic (exact) mass is 352 g/mol. The van der Waals surface area contributed by atoms with Gasteiger partial charge in [-0.3, -0.25) is 4.79 Å². The fraction of sp³-hybridized carbons (Fsp3) is 0.200. The van der Waals surface area contributed by atoms with Gasteiger partial charge in [0.2, 0.25) is 0 Å². The summed E-state index contributed by atoms with van der Waals surface area (Å²) in [6.45, 7) is 1.10. The number of carbonyl (C=O) groups excluding carboxylic acids is 1. The van der Waals surface area contributed by atoms with E-state index in [1.54, 1.807) is 29.0 Å². The summed E-state index contributed by atoms with van der Waals surface area (Å²) in [6.07, 6.45) is 1.88. The standard InChI is InChI=1S/C20H20N2O2S/c23-20(21-12-4-7-16-5-2-1-3-6-16)17-8-10-19(11-9-17)24-13-18-14-25-15-22-18/h1-3,5-6,8-11,14-15H,4,7,12-13H2,(H,21,23). The number of ether oxygens (including phenoxy) is 1. The molecule has 3 aromatic rings. The predicted octanol–water partition coefficient (Wildman–Crippen LogP) is 4.08. The molecular formula is C20H20N2O2S. The van der Waals surface area contributed by atoms with E-state index in [1.807, 2.05) is 35.7 Å². The molecule has 0 aliphatic rings. The van der Waals surface area contributed by atoms with Crippen molar-refractivity contribution in [2.45, 2.75) is 19.4 Å². The Morgan fingerprint density at radius 2 is 1.88 bits per heavy atom. The Morgan fingerprint density at radius 3 is 2.60 bits per heavy atom. The molecule has 1 N–H and O–H groups in total. The largest absolute Gasteiger partial charge is 0.487 e. The lowest BCUT2D eigenvalue weighted by atomic mass is 10.1. The second-order valence-corrected chi connectivity index (χ2v) is 6.36. The van der Waals surface area contributed by atoms with Gasteiger partial charge in [-0.05, 0) is 42.7 Å². The molecule has 0 aliphatic carbocycles. The number of aromatic nitrogens is 1. The maximum absolute atomic E-state index is 12.2. The highest BCUT2D eigenvalue weighted by Crippen LogP contribution is 2.14. The summed E-state index contributed by atoms with van der Waals surface area (Å²) >= 11 is 1.54. The highest BCUT2D eigenvalue weighted by Gasteiger charge is 2.05. The van der Waals surface area contributed by atoms with Gasteiger partial charge < -0.3 is 10.1 Å². The lowest BCUT2D eigenvalue weighted by Crippen LogP contribution is -2.24. The Morgan fingerprint density at radius 1 is 1.08 bits per heavy atom. The molecule has 0 radical (unpaired) electrons. The predicted molar refractivity (Wildman–Crippen MR) is 100.0 cm³/mol. The zero-order valence-electron chi connectivity index (χ0n) is 13.9. The van der Waals surface area contributed by atoms with E-state index in [1.165, 1.54) is 5.56 Å². The molecule has 25 heavy (non-hydrogen) atoms. The molecular weight excluding hydrogens is 332 g/mol. The third-order valence-corrected chi connectivity index (χ3v) is 4.39. The van der Waals surface area contributed by atoms with Gasteiger partial charge in [0, 0.05) is 17.5 Å². The Kier molecular flexibility index (Phi) is 6.17. The second-order valence-electron chi connectivity index (χ2n) is 5.64. The Bertz CT molecular complexity index is 771. The molecule has 2 aromatic carbocycles. The molecule has 0 saturated carbocycles. The van der Waals surface area contributed by atoms with Gasteiger partial charge in [-0.1, -0.05) is 30.3 Å². The maximum Gasteiger partial charge on any atom is 0.251 e. The fourth-order valence-electron chi connectivity index (χ4n) is 2.41. The summed E-state index contributed by atoms with van der Waals surface area (Å²) in [6, 6.07) is 17.5. The lowest BCUT2D eigenvalue weighted by Gasteiger charge is -2.07. The van der Waals surface area contributed by atoms with Crippen LogP contribution in [-0.2, 0) is 13.0 Å². The first-order chi connectivity index (χ1) is 12.3. The number of thiazole rings is 1. The van der Waals surface area contributed by atoms with Crippen LogP contribution in [0.25, 0.3) is 0 Å². The van der Waals surface area contributed by atoms with Crippen molar-refractivity contribution >= 4 is 17.2 Å². The number of rotatable bonds is 8. The quantitative estimate of drug-likeness (QED) is 0.621. The minimum absolute atomic E-state index is 0.0564. The number of carbonyl (C=O) groups is 1. The molecule has 5 heteroatoms. The first-order valence-corrected chi connectivity index (χ1v) is 9.17. The first kappa shape index (κ1) is 17.2. The van der Waals surface area contributed by atoms with Gasteiger partial charge in [0.05, 0.1) is 11.2 Å². The smallest absolute Gasteiger partial charge is 0.251 e. The highest BCUT2D eigenvalue weighted by atomic mass is 32.1. The molecule has 128 valence electrons. The van der Waals surface area contributed by atoms with E-state index in [9.17, 15) is 4.79 Å². The van der Waals surface area contributed by atoms with Crippen LogP contribution in [0, 0.1) is 0 Å². The molecule has 1 aromatic heterocycles. The number of hydrogen-bond acceptors (Lipinski definition) is 4. The van der Waals surface area contributed by atoms with E-state index >= 15 is 0 Å². The van der Waals surface area contributed by atoms with E-state index in [4.69, 9.17) is 4.74 Å². The highest BCUT2D eigenvalue weighted by molar-refractivity contribution is 7.07. The maximum atomic E-state index is 12.2. The number of amides is 1. The van der Waals surface area contributed by atoms with Crippen molar-refractivity contribution in [3.63, 3.8) is 0 Å². The minimum Gasteiger partial charge on any atom is -0.487 e. The van der Waals surface area contributed by atoms with E-state index in [2.05, 4.69) is 22.4 Å². The Hall–Kier alpha value is -2.66. The summed E-state index contributed by atoms with van der Waals surface area (Å²) in [7, 11) is 0. The molecule has 0 bridgehead atoms. The molecule has 0 atom stereocenters. The Labute approximate surface area is 151 Å². The van der Waals surface area contributed by atoms with Crippen molar-refractivity contribution in [1.82, 2.24) is 10.3 Å². The molecule has 0 spiro atoms. The average molecular weight is 352 g/mol. The number of hydrogen-bond donors (Lipinski definition) is 1. The van der Waals surface area contributed by atoms with Crippen LogP contribution >= 0.6 is 11.3 Å². The van der Waals surface area contributed by atoms with Gasteiger partial charge >= 0.3 is 0 Å². The SMILES string of the molecule is O=C(NCCCc1ccccc1)c1ccc(OCc2cscn2)cc1. The number of benzene rings is 2. The molecule has 3 rings (SSSR count). The Balaban J connectivity index is 1.41. The van der Waals surface area contributed by atoms with Crippen LogP contribution in [0.4, 0.5) is 0 Å². The van der Waals surface area contributed by atoms with Gasteiger partial charge in [-0.2, -0.15) is 0 Å². The van der Waals surface area contributed by atoms with Gasteiger partial charge in [-0.15, -0.1) is 11.3 Å². The topological polar surface area (TPSA) is 51.2 Å². The molecule has 1 amide bonds. The van der Waals surface area contributed by atoms with E-state index < -0.39 is 0 Å². The minimum atomic E-state index is -0.0564. The third kappa shape index (κ3) is 5.43. The first-order valence-electron chi connectivity index (χ1n) is 8.23. The second kappa shape index (κ2) is 8.99. The van der Waals surface area contributed by atoms with Crippen molar-refractivity contribution in [2.24, 2.45) is 0 Å². The van der Waals surface area contributed by atoms with Crippen molar-refractivity contribution in [1.29, 1.82) is 0 Å². The van der Waals surface area contributed by atoms with Crippen LogP contribution in [-0.4, -0.2) is 17.4 Å². The van der Waals surface area contributed by atoms with Crippen LogP contribution in [0.2, 0.25) is 0 Å². The molecule has 0 unspecified atom stereocenters. The summed E-state index contributed by atoms with van der Waals surface area (Å²) < 4.78 is 5.65. The molecule has 1 heterocycles. The molecule has 0 fully saturated rings. The zero-order chi connectivity index (χ0) is 17.3. The van der Waals surface area contributed by atoms with Crippen molar-refractivity contribution in [3.8, 4) is 5.75 Å². The molecule has 0 aliphatic heterocycles. The number of nitrogens with zero attached hydrogens (tertiary/aromatic N) is 1. The van der Waals surface area contributed by atoms with Gasteiger partial charge in [0.15, 0.2) is 0 Å². The van der Waals surface area contributed by atoms with Crippen LogP contribution in [0.1, 0.15) is 28.0 Å². The summed E-state index contributed by atoms with van der Waals surface area (Å²) in [5, 5.41) is 4.91. The number of nitrogens with one attached hydrogen (secondary N) is 1. The molecule has 0 saturated heterocycles. The normalized spacial score (nSPS) is 10.4. The van der Waals surface area contributed by atoms with E-state index in [0.717, 1.165) is 24.3 Å². The van der Waals surface area contributed by atoms with E-state index in [-0.39, 0.29) is 5.91 Å².